The first kappa shape index (κ1) is 9.19. The van der Waals surface area contributed by atoms with Gasteiger partial charge in [0.05, 0.1) is 12.6 Å². The average Bonchev–Trinajstić information content (AvgIpc) is 2.32. The van der Waals surface area contributed by atoms with Gasteiger partial charge in [-0.3, -0.25) is 4.79 Å². The van der Waals surface area contributed by atoms with Crippen LogP contribution < -0.4 is 5.32 Å². The maximum absolute atomic E-state index is 11.4. The van der Waals surface area contributed by atoms with Crippen molar-refractivity contribution in [1.82, 2.24) is 10.2 Å². The Hall–Kier alpha value is -0.900. The normalized spacial score (nSPS) is 29.5. The van der Waals surface area contributed by atoms with Gasteiger partial charge in [0.2, 0.25) is 5.91 Å². The van der Waals surface area contributed by atoms with E-state index in [0.717, 1.165) is 12.7 Å². The van der Waals surface area contributed by atoms with Crippen LogP contribution in [0.25, 0.3) is 0 Å². The van der Waals surface area contributed by atoms with Crippen LogP contribution >= 0.6 is 0 Å². The van der Waals surface area contributed by atoms with Gasteiger partial charge in [-0.25, -0.2) is 0 Å². The second kappa shape index (κ2) is 3.67. The summed E-state index contributed by atoms with van der Waals surface area (Å²) < 4.78 is 0. The third kappa shape index (κ3) is 1.48. The molecule has 4 nitrogen and oxygen atoms in total. The van der Waals surface area contributed by atoms with Gasteiger partial charge in [-0.1, -0.05) is 0 Å². The van der Waals surface area contributed by atoms with Crippen molar-refractivity contribution in [1.29, 1.82) is 0 Å². The monoisotopic (exact) mass is 170 g/mol. The van der Waals surface area contributed by atoms with E-state index in [-0.39, 0.29) is 24.5 Å². The van der Waals surface area contributed by atoms with Gasteiger partial charge in [0.25, 0.3) is 0 Å². The number of nitrogens with one attached hydrogen (secondary N) is 1. The lowest BCUT2D eigenvalue weighted by Crippen LogP contribution is -2.38. The largest absolute Gasteiger partial charge is 0.332 e. The van der Waals surface area contributed by atoms with Crippen molar-refractivity contribution in [2.24, 2.45) is 0 Å². The minimum atomic E-state index is -0.0973. The molecule has 12 heavy (non-hydrogen) atoms. The van der Waals surface area contributed by atoms with E-state index < -0.39 is 0 Å². The van der Waals surface area contributed by atoms with Crippen molar-refractivity contribution in [3.05, 3.63) is 0 Å². The Labute approximate surface area is 71.9 Å². The predicted molar refractivity (Wildman–Crippen MR) is 44.7 cm³/mol. The Morgan fingerprint density at radius 1 is 1.75 bits per heavy atom. The lowest BCUT2D eigenvalue weighted by atomic mass is 10.2. The number of nitrogens with zero attached hydrogens (tertiary/aromatic N) is 1. The Morgan fingerprint density at radius 2 is 2.42 bits per heavy atom. The third-order valence-electron chi connectivity index (χ3n) is 2.31. The van der Waals surface area contributed by atoms with Gasteiger partial charge in [-0.05, 0) is 20.4 Å². The average molecular weight is 170 g/mol. The number of carbonyl (C=O) groups is 2. The molecule has 0 aromatic rings. The molecule has 4 heteroatoms. The summed E-state index contributed by atoms with van der Waals surface area (Å²) in [5, 5.41) is 2.93. The first-order chi connectivity index (χ1) is 5.70. The summed E-state index contributed by atoms with van der Waals surface area (Å²) in [6.07, 6.45) is 1.57. The molecule has 0 aromatic heterocycles. The highest BCUT2D eigenvalue weighted by atomic mass is 16.2. The molecular formula is C8H14N2O2. The van der Waals surface area contributed by atoms with Gasteiger partial charge in [-0.15, -0.1) is 0 Å². The van der Waals surface area contributed by atoms with E-state index in [1.54, 1.807) is 11.9 Å². The van der Waals surface area contributed by atoms with E-state index in [4.69, 9.17) is 0 Å². The quantitative estimate of drug-likeness (QED) is 0.575. The minimum Gasteiger partial charge on any atom is -0.332 e. The van der Waals surface area contributed by atoms with Crippen LogP contribution in [0.4, 0.5) is 0 Å². The summed E-state index contributed by atoms with van der Waals surface area (Å²) in [5.41, 5.74) is 0. The molecule has 1 aliphatic heterocycles. The van der Waals surface area contributed by atoms with Crippen LogP contribution in [0.5, 0.6) is 0 Å². The fraction of sp³-hybridized carbons (Fsp3) is 0.750. The standard InChI is InChI=1S/C8H14N2O2/c1-6-5-7(9-2)8(12)10(6)3-4-11/h4,6-7,9H,3,5H2,1-2H3/t6?,7-/m0/s1. The molecule has 68 valence electrons. The van der Waals surface area contributed by atoms with E-state index in [1.165, 1.54) is 0 Å². The number of hydrogen-bond donors (Lipinski definition) is 1. The predicted octanol–water partition coefficient (Wildman–Crippen LogP) is -0.606. The molecule has 1 unspecified atom stereocenters. The Kier molecular flexibility index (Phi) is 2.81. The van der Waals surface area contributed by atoms with E-state index in [1.807, 2.05) is 6.92 Å². The van der Waals surface area contributed by atoms with Crippen molar-refractivity contribution >= 4 is 12.2 Å². The summed E-state index contributed by atoms with van der Waals surface area (Å²) in [7, 11) is 1.76. The highest BCUT2D eigenvalue weighted by Gasteiger charge is 2.35. The van der Waals surface area contributed by atoms with Crippen LogP contribution in [-0.2, 0) is 9.59 Å². The molecule has 2 atom stereocenters. The lowest BCUT2D eigenvalue weighted by Gasteiger charge is -2.17. The van der Waals surface area contributed by atoms with Crippen LogP contribution in [-0.4, -0.2) is 42.8 Å². The van der Waals surface area contributed by atoms with Crippen molar-refractivity contribution < 1.29 is 9.59 Å². The topological polar surface area (TPSA) is 49.4 Å². The number of hydrogen-bond acceptors (Lipinski definition) is 3. The van der Waals surface area contributed by atoms with E-state index in [0.29, 0.717) is 0 Å². The number of carbonyl (C=O) groups excluding carboxylic acids is 2. The van der Waals surface area contributed by atoms with Gasteiger partial charge < -0.3 is 15.0 Å². The maximum Gasteiger partial charge on any atom is 0.240 e. The summed E-state index contributed by atoms with van der Waals surface area (Å²) in [4.78, 5) is 23.3. The van der Waals surface area contributed by atoms with Crippen LogP contribution in [0.15, 0.2) is 0 Å². The number of aldehydes is 1. The zero-order valence-corrected chi connectivity index (χ0v) is 7.41. The van der Waals surface area contributed by atoms with Crippen LogP contribution in [0.1, 0.15) is 13.3 Å². The molecule has 1 saturated heterocycles. The molecule has 0 bridgehead atoms. The zero-order chi connectivity index (χ0) is 9.14. The van der Waals surface area contributed by atoms with Gasteiger partial charge in [0.15, 0.2) is 0 Å². The fourth-order valence-electron chi connectivity index (χ4n) is 1.58. The Balaban J connectivity index is 2.63. The molecule has 1 N–H and O–H groups in total. The number of likely N-dealkylation sites (tertiary alicyclic amines) is 1. The second-order valence-corrected chi connectivity index (χ2v) is 3.08. The molecule has 0 aliphatic carbocycles. The van der Waals surface area contributed by atoms with E-state index in [9.17, 15) is 9.59 Å². The van der Waals surface area contributed by atoms with Gasteiger partial charge in [-0.2, -0.15) is 0 Å². The minimum absolute atomic E-state index is 0.0390. The first-order valence-electron chi connectivity index (χ1n) is 4.12. The summed E-state index contributed by atoms with van der Waals surface area (Å²) in [6.45, 7) is 2.18. The molecule has 1 amide bonds. The number of likely N-dealkylation sites (N-methyl/N-ethyl adjacent to an activating group) is 1. The molecule has 1 rings (SSSR count). The Bertz CT molecular complexity index is 193. The molecule has 0 spiro atoms. The number of amides is 1. The van der Waals surface area contributed by atoms with Crippen LogP contribution in [0, 0.1) is 0 Å². The van der Waals surface area contributed by atoms with Gasteiger partial charge >= 0.3 is 0 Å². The Morgan fingerprint density at radius 3 is 2.83 bits per heavy atom. The fourth-order valence-corrected chi connectivity index (χ4v) is 1.58. The first-order valence-corrected chi connectivity index (χ1v) is 4.12. The lowest BCUT2D eigenvalue weighted by molar-refractivity contribution is -0.132. The highest BCUT2D eigenvalue weighted by Crippen LogP contribution is 2.17. The third-order valence-corrected chi connectivity index (χ3v) is 2.31. The summed E-state index contributed by atoms with van der Waals surface area (Å²) >= 11 is 0. The molecule has 1 heterocycles. The van der Waals surface area contributed by atoms with Gasteiger partial charge in [0, 0.05) is 6.04 Å². The molecule has 1 aliphatic rings. The van der Waals surface area contributed by atoms with Crippen molar-refractivity contribution in [3.8, 4) is 0 Å². The highest BCUT2D eigenvalue weighted by molar-refractivity contribution is 5.86. The number of rotatable bonds is 3. The van der Waals surface area contributed by atoms with Crippen molar-refractivity contribution in [2.45, 2.75) is 25.4 Å². The zero-order valence-electron chi connectivity index (χ0n) is 7.41. The summed E-state index contributed by atoms with van der Waals surface area (Å²) in [6, 6.07) is 0.0834. The molecule has 0 aromatic carbocycles. The van der Waals surface area contributed by atoms with Crippen LogP contribution in [0.3, 0.4) is 0 Å². The SMILES string of the molecule is CN[C@H]1CC(C)N(CC=O)C1=O. The molecular weight excluding hydrogens is 156 g/mol. The van der Waals surface area contributed by atoms with E-state index in [2.05, 4.69) is 5.32 Å². The molecule has 0 saturated carbocycles. The van der Waals surface area contributed by atoms with E-state index >= 15 is 0 Å². The van der Waals surface area contributed by atoms with Crippen LogP contribution in [0.2, 0.25) is 0 Å². The molecule has 1 fully saturated rings. The summed E-state index contributed by atoms with van der Waals surface area (Å²) in [5.74, 6) is 0.0390. The molecule has 0 radical (unpaired) electrons. The van der Waals surface area contributed by atoms with Crippen molar-refractivity contribution in [3.63, 3.8) is 0 Å². The smallest absolute Gasteiger partial charge is 0.240 e. The van der Waals surface area contributed by atoms with Gasteiger partial charge in [0.1, 0.15) is 6.29 Å². The second-order valence-electron chi connectivity index (χ2n) is 3.08. The van der Waals surface area contributed by atoms with Crippen molar-refractivity contribution in [2.75, 3.05) is 13.6 Å². The maximum atomic E-state index is 11.4.